The van der Waals surface area contributed by atoms with E-state index in [2.05, 4.69) is 5.32 Å². The third-order valence-electron chi connectivity index (χ3n) is 3.68. The van der Waals surface area contributed by atoms with Gasteiger partial charge in [-0.25, -0.2) is 4.39 Å². The van der Waals surface area contributed by atoms with Gasteiger partial charge in [-0.15, -0.1) is 0 Å². The smallest absolute Gasteiger partial charge is 0.126 e. The maximum absolute atomic E-state index is 12.9. The number of hydrogen-bond donors (Lipinski definition) is 2. The van der Waals surface area contributed by atoms with E-state index >= 15 is 0 Å². The molecule has 0 aromatic heterocycles. The average molecular weight is 253 g/mol. The van der Waals surface area contributed by atoms with Crippen LogP contribution in [-0.4, -0.2) is 24.4 Å². The van der Waals surface area contributed by atoms with Gasteiger partial charge in [0.15, 0.2) is 0 Å². The first-order valence-electron chi connectivity index (χ1n) is 6.39. The molecule has 1 fully saturated rings. The number of nitrogens with one attached hydrogen (secondary N) is 1. The first-order chi connectivity index (χ1) is 8.61. The van der Waals surface area contributed by atoms with E-state index < -0.39 is 5.82 Å². The second-order valence-corrected chi connectivity index (χ2v) is 4.90. The number of ether oxygens (including phenoxy) is 1. The summed E-state index contributed by atoms with van der Waals surface area (Å²) in [6.07, 6.45) is 3.52. The van der Waals surface area contributed by atoms with Crippen molar-refractivity contribution in [2.45, 2.75) is 44.4 Å². The van der Waals surface area contributed by atoms with Crippen LogP contribution in [0.2, 0.25) is 0 Å². The van der Waals surface area contributed by atoms with Gasteiger partial charge in [0.05, 0.1) is 6.10 Å². The summed E-state index contributed by atoms with van der Waals surface area (Å²) in [7, 11) is 1.73. The van der Waals surface area contributed by atoms with Gasteiger partial charge in [-0.05, 0) is 32.3 Å². The number of benzene rings is 1. The molecule has 3 atom stereocenters. The fourth-order valence-electron chi connectivity index (χ4n) is 2.69. The van der Waals surface area contributed by atoms with Gasteiger partial charge in [-0.2, -0.15) is 0 Å². The zero-order valence-corrected chi connectivity index (χ0v) is 10.8. The molecule has 0 spiro atoms. The van der Waals surface area contributed by atoms with E-state index in [9.17, 15) is 9.50 Å². The minimum absolute atomic E-state index is 0.00182. The maximum Gasteiger partial charge on any atom is 0.126 e. The summed E-state index contributed by atoms with van der Waals surface area (Å²) in [5.74, 6) is -0.416. The Labute approximate surface area is 107 Å². The Morgan fingerprint density at radius 2 is 2.22 bits per heavy atom. The third-order valence-corrected chi connectivity index (χ3v) is 3.68. The number of methoxy groups -OCH3 is 1. The van der Waals surface area contributed by atoms with E-state index in [1.54, 1.807) is 13.2 Å². The first kappa shape index (κ1) is 13.3. The standard InChI is InChI=1S/C14H20FNO2/c1-9(11-7-6-10(15)8-13(11)17)16-12-4-3-5-14(12)18-2/h6-9,12,14,16-17H,3-5H2,1-2H3. The van der Waals surface area contributed by atoms with Crippen LogP contribution in [0.3, 0.4) is 0 Å². The summed E-state index contributed by atoms with van der Waals surface area (Å²) >= 11 is 0. The average Bonchev–Trinajstić information content (AvgIpc) is 2.76. The van der Waals surface area contributed by atoms with Crippen molar-refractivity contribution in [3.8, 4) is 5.75 Å². The molecule has 1 aromatic rings. The predicted molar refractivity (Wildman–Crippen MR) is 68.1 cm³/mol. The molecule has 3 nitrogen and oxygen atoms in total. The van der Waals surface area contributed by atoms with Crippen molar-refractivity contribution in [1.82, 2.24) is 5.32 Å². The lowest BCUT2D eigenvalue weighted by atomic mass is 10.1. The van der Waals surface area contributed by atoms with Gasteiger partial charge in [0.25, 0.3) is 0 Å². The van der Waals surface area contributed by atoms with E-state index in [1.807, 2.05) is 6.92 Å². The highest BCUT2D eigenvalue weighted by Gasteiger charge is 2.28. The fraction of sp³-hybridized carbons (Fsp3) is 0.571. The van der Waals surface area contributed by atoms with Crippen LogP contribution in [0.25, 0.3) is 0 Å². The summed E-state index contributed by atoms with van der Waals surface area (Å²) in [4.78, 5) is 0. The topological polar surface area (TPSA) is 41.5 Å². The van der Waals surface area contributed by atoms with Gasteiger partial charge >= 0.3 is 0 Å². The van der Waals surface area contributed by atoms with Crippen LogP contribution in [0.1, 0.15) is 37.8 Å². The molecular weight excluding hydrogens is 233 g/mol. The van der Waals surface area contributed by atoms with E-state index in [0.717, 1.165) is 30.9 Å². The predicted octanol–water partition coefficient (Wildman–Crippen LogP) is 2.75. The molecule has 0 aliphatic heterocycles. The molecule has 0 amide bonds. The molecule has 18 heavy (non-hydrogen) atoms. The van der Waals surface area contributed by atoms with Gasteiger partial charge in [0.2, 0.25) is 0 Å². The molecule has 0 radical (unpaired) electrons. The zero-order valence-electron chi connectivity index (χ0n) is 10.8. The molecule has 1 aromatic carbocycles. The molecule has 0 heterocycles. The quantitative estimate of drug-likeness (QED) is 0.867. The highest BCUT2D eigenvalue weighted by atomic mass is 19.1. The van der Waals surface area contributed by atoms with E-state index in [1.165, 1.54) is 6.07 Å². The van der Waals surface area contributed by atoms with E-state index in [4.69, 9.17) is 4.74 Å². The number of phenolic OH excluding ortho intramolecular Hbond substituents is 1. The Morgan fingerprint density at radius 3 is 2.89 bits per heavy atom. The van der Waals surface area contributed by atoms with E-state index in [0.29, 0.717) is 6.04 Å². The maximum atomic E-state index is 12.9. The molecule has 4 heteroatoms. The minimum Gasteiger partial charge on any atom is -0.508 e. The van der Waals surface area contributed by atoms with Gasteiger partial charge in [-0.1, -0.05) is 6.07 Å². The Balaban J connectivity index is 2.05. The molecule has 2 rings (SSSR count). The monoisotopic (exact) mass is 253 g/mol. The molecular formula is C14H20FNO2. The highest BCUT2D eigenvalue weighted by molar-refractivity contribution is 5.35. The molecule has 2 N–H and O–H groups in total. The number of rotatable bonds is 4. The van der Waals surface area contributed by atoms with E-state index in [-0.39, 0.29) is 17.9 Å². The largest absolute Gasteiger partial charge is 0.508 e. The summed E-state index contributed by atoms with van der Waals surface area (Å²) in [5.41, 5.74) is 0.721. The minimum atomic E-state index is -0.418. The number of aromatic hydroxyl groups is 1. The van der Waals surface area contributed by atoms with Gasteiger partial charge < -0.3 is 15.2 Å². The summed E-state index contributed by atoms with van der Waals surface area (Å²) in [6.45, 7) is 1.97. The van der Waals surface area contributed by atoms with Gasteiger partial charge in [-0.3, -0.25) is 0 Å². The molecule has 0 saturated heterocycles. The van der Waals surface area contributed by atoms with Crippen molar-refractivity contribution in [3.05, 3.63) is 29.6 Å². The van der Waals surface area contributed by atoms with Crippen molar-refractivity contribution in [2.75, 3.05) is 7.11 Å². The van der Waals surface area contributed by atoms with Crippen LogP contribution < -0.4 is 5.32 Å². The molecule has 3 unspecified atom stereocenters. The molecule has 100 valence electrons. The lowest BCUT2D eigenvalue weighted by Gasteiger charge is -2.24. The lowest BCUT2D eigenvalue weighted by Crippen LogP contribution is -2.38. The molecule has 1 aliphatic carbocycles. The van der Waals surface area contributed by atoms with Crippen LogP contribution in [0.15, 0.2) is 18.2 Å². The highest BCUT2D eigenvalue weighted by Crippen LogP contribution is 2.28. The Bertz CT molecular complexity index is 411. The number of hydrogen-bond acceptors (Lipinski definition) is 3. The van der Waals surface area contributed by atoms with Gasteiger partial charge in [0.1, 0.15) is 11.6 Å². The normalized spacial score (nSPS) is 25.3. The summed E-state index contributed by atoms with van der Waals surface area (Å²) in [6, 6.07) is 4.42. The first-order valence-corrected chi connectivity index (χ1v) is 6.39. The van der Waals surface area contributed by atoms with Crippen molar-refractivity contribution in [3.63, 3.8) is 0 Å². The van der Waals surface area contributed by atoms with Crippen molar-refractivity contribution in [2.24, 2.45) is 0 Å². The van der Waals surface area contributed by atoms with Crippen LogP contribution in [0.5, 0.6) is 5.75 Å². The molecule has 1 saturated carbocycles. The van der Waals surface area contributed by atoms with Crippen molar-refractivity contribution in [1.29, 1.82) is 0 Å². The second kappa shape index (κ2) is 5.67. The lowest BCUT2D eigenvalue weighted by molar-refractivity contribution is 0.0818. The van der Waals surface area contributed by atoms with Crippen LogP contribution in [-0.2, 0) is 4.74 Å². The van der Waals surface area contributed by atoms with Gasteiger partial charge in [0, 0.05) is 30.8 Å². The van der Waals surface area contributed by atoms with Crippen LogP contribution in [0.4, 0.5) is 4.39 Å². The van der Waals surface area contributed by atoms with Crippen molar-refractivity contribution >= 4 is 0 Å². The Hall–Kier alpha value is -1.13. The Kier molecular flexibility index (Phi) is 4.19. The fourth-order valence-corrected chi connectivity index (χ4v) is 2.69. The SMILES string of the molecule is COC1CCCC1NC(C)c1ccc(F)cc1O. The zero-order chi connectivity index (χ0) is 13.1. The number of phenols is 1. The summed E-state index contributed by atoms with van der Waals surface area (Å²) in [5, 5.41) is 13.2. The summed E-state index contributed by atoms with van der Waals surface area (Å²) < 4.78 is 18.4. The third kappa shape index (κ3) is 2.82. The molecule has 1 aliphatic rings. The van der Waals surface area contributed by atoms with Crippen molar-refractivity contribution < 1.29 is 14.2 Å². The number of halogens is 1. The second-order valence-electron chi connectivity index (χ2n) is 4.90. The Morgan fingerprint density at radius 1 is 1.44 bits per heavy atom. The van der Waals surface area contributed by atoms with Crippen LogP contribution in [0, 0.1) is 5.82 Å². The molecule has 0 bridgehead atoms. The van der Waals surface area contributed by atoms with Crippen LogP contribution >= 0.6 is 0 Å².